The van der Waals surface area contributed by atoms with E-state index in [1.165, 1.54) is 6.20 Å². The number of aromatic nitrogens is 2. The molecule has 0 spiro atoms. The van der Waals surface area contributed by atoms with E-state index < -0.39 is 6.04 Å². The van der Waals surface area contributed by atoms with E-state index in [1.54, 1.807) is 6.07 Å². The van der Waals surface area contributed by atoms with Gasteiger partial charge in [0.05, 0.1) is 6.61 Å². The number of aromatic amines is 1. The molecule has 2 N–H and O–H groups in total. The van der Waals surface area contributed by atoms with E-state index in [-0.39, 0.29) is 6.61 Å². The molecule has 0 amide bonds. The van der Waals surface area contributed by atoms with Crippen molar-refractivity contribution in [3.63, 3.8) is 0 Å². The molecule has 11 heavy (non-hydrogen) atoms. The summed E-state index contributed by atoms with van der Waals surface area (Å²) in [6.45, 7) is -0.216. The molecule has 0 aromatic carbocycles. The first kappa shape index (κ1) is 7.59. The van der Waals surface area contributed by atoms with Crippen molar-refractivity contribution < 1.29 is 5.11 Å². The number of hydrogen-bond donors (Lipinski definition) is 2. The van der Waals surface area contributed by atoms with E-state index in [9.17, 15) is 0 Å². The second-order valence-electron chi connectivity index (χ2n) is 1.92. The van der Waals surface area contributed by atoms with E-state index in [4.69, 9.17) is 10.6 Å². The fourth-order valence-electron chi connectivity index (χ4n) is 0.712. The van der Waals surface area contributed by atoms with E-state index >= 15 is 0 Å². The third-order valence-corrected chi connectivity index (χ3v) is 1.25. The molecule has 6 heteroatoms. The van der Waals surface area contributed by atoms with E-state index in [0.717, 1.165) is 0 Å². The Morgan fingerprint density at radius 3 is 3.18 bits per heavy atom. The highest BCUT2D eigenvalue weighted by Gasteiger charge is 2.07. The molecular formula is C5H7N5O. The van der Waals surface area contributed by atoms with Gasteiger partial charge in [0.25, 0.3) is 0 Å². The SMILES string of the molecule is [N-]=[N+]=NC(CO)c1ccn[nH]1. The Labute approximate surface area is 62.5 Å². The summed E-state index contributed by atoms with van der Waals surface area (Å²) in [6, 6.07) is 1.10. The van der Waals surface area contributed by atoms with Crippen molar-refractivity contribution >= 4 is 0 Å². The van der Waals surface area contributed by atoms with E-state index in [2.05, 4.69) is 20.2 Å². The average molecular weight is 153 g/mol. The summed E-state index contributed by atoms with van der Waals surface area (Å²) in [5.41, 5.74) is 8.70. The quantitative estimate of drug-likeness (QED) is 0.380. The van der Waals surface area contributed by atoms with Crippen LogP contribution in [-0.2, 0) is 0 Å². The van der Waals surface area contributed by atoms with Gasteiger partial charge in [-0.3, -0.25) is 5.10 Å². The zero-order chi connectivity index (χ0) is 8.10. The monoisotopic (exact) mass is 153 g/mol. The number of nitrogens with zero attached hydrogens (tertiary/aromatic N) is 4. The van der Waals surface area contributed by atoms with Crippen LogP contribution in [0.3, 0.4) is 0 Å². The van der Waals surface area contributed by atoms with Crippen LogP contribution in [0.1, 0.15) is 11.7 Å². The number of azide groups is 1. The average Bonchev–Trinajstić information content (AvgIpc) is 2.52. The molecule has 0 saturated heterocycles. The Morgan fingerprint density at radius 1 is 1.91 bits per heavy atom. The molecule has 0 aliphatic rings. The van der Waals surface area contributed by atoms with Crippen molar-refractivity contribution in [2.24, 2.45) is 5.11 Å². The van der Waals surface area contributed by atoms with Gasteiger partial charge in [0.2, 0.25) is 0 Å². The van der Waals surface area contributed by atoms with Crippen LogP contribution in [0.4, 0.5) is 0 Å². The van der Waals surface area contributed by atoms with E-state index in [0.29, 0.717) is 5.69 Å². The number of aliphatic hydroxyl groups excluding tert-OH is 1. The van der Waals surface area contributed by atoms with Crippen molar-refractivity contribution in [1.82, 2.24) is 10.2 Å². The van der Waals surface area contributed by atoms with Crippen molar-refractivity contribution in [3.05, 3.63) is 28.4 Å². The van der Waals surface area contributed by atoms with Gasteiger partial charge in [0.1, 0.15) is 6.04 Å². The van der Waals surface area contributed by atoms with Gasteiger partial charge in [0.15, 0.2) is 0 Å². The molecule has 1 aromatic heterocycles. The van der Waals surface area contributed by atoms with Crippen LogP contribution >= 0.6 is 0 Å². The predicted octanol–water partition coefficient (Wildman–Crippen LogP) is 0.753. The third-order valence-electron chi connectivity index (χ3n) is 1.25. The summed E-state index contributed by atoms with van der Waals surface area (Å²) in [4.78, 5) is 2.58. The molecule has 0 fully saturated rings. The Balaban J connectivity index is 2.79. The van der Waals surface area contributed by atoms with Gasteiger partial charge >= 0.3 is 0 Å². The lowest BCUT2D eigenvalue weighted by molar-refractivity contribution is 0.265. The lowest BCUT2D eigenvalue weighted by Gasteiger charge is -2.01. The lowest BCUT2D eigenvalue weighted by Crippen LogP contribution is -2.00. The summed E-state index contributed by atoms with van der Waals surface area (Å²) in [5, 5.41) is 18.3. The largest absolute Gasteiger partial charge is 0.396 e. The third kappa shape index (κ3) is 1.70. The first-order chi connectivity index (χ1) is 5.38. The van der Waals surface area contributed by atoms with Gasteiger partial charge in [-0.1, -0.05) is 5.11 Å². The molecule has 0 bridgehead atoms. The Kier molecular flexibility index (Phi) is 2.48. The molecule has 6 nitrogen and oxygen atoms in total. The summed E-state index contributed by atoms with van der Waals surface area (Å²) < 4.78 is 0. The highest BCUT2D eigenvalue weighted by Crippen LogP contribution is 2.12. The molecule has 0 saturated carbocycles. The lowest BCUT2D eigenvalue weighted by atomic mass is 10.2. The van der Waals surface area contributed by atoms with Crippen LogP contribution in [0, 0.1) is 0 Å². The summed E-state index contributed by atoms with van der Waals surface area (Å²) >= 11 is 0. The van der Waals surface area contributed by atoms with Crippen LogP contribution in [0.25, 0.3) is 10.4 Å². The summed E-state index contributed by atoms with van der Waals surface area (Å²) in [7, 11) is 0. The molecule has 1 aromatic rings. The number of H-pyrrole nitrogens is 1. The van der Waals surface area contributed by atoms with Crippen LogP contribution in [0.5, 0.6) is 0 Å². The Hall–Kier alpha value is -1.52. The van der Waals surface area contributed by atoms with E-state index in [1.807, 2.05) is 0 Å². The summed E-state index contributed by atoms with van der Waals surface area (Å²) in [5.74, 6) is 0. The number of aliphatic hydroxyl groups is 1. The van der Waals surface area contributed by atoms with Gasteiger partial charge in [-0.05, 0) is 11.6 Å². The zero-order valence-electron chi connectivity index (χ0n) is 5.68. The van der Waals surface area contributed by atoms with Gasteiger partial charge in [-0.15, -0.1) is 0 Å². The smallest absolute Gasteiger partial charge is 0.102 e. The minimum absolute atomic E-state index is 0.216. The maximum atomic E-state index is 8.72. The molecule has 0 radical (unpaired) electrons. The Morgan fingerprint density at radius 2 is 2.73 bits per heavy atom. The number of rotatable bonds is 3. The Bertz CT molecular complexity index is 250. The van der Waals surface area contributed by atoms with Crippen LogP contribution in [0.2, 0.25) is 0 Å². The van der Waals surface area contributed by atoms with Crippen molar-refractivity contribution in [2.45, 2.75) is 6.04 Å². The molecule has 1 unspecified atom stereocenters. The van der Waals surface area contributed by atoms with Crippen LogP contribution in [0.15, 0.2) is 17.4 Å². The first-order valence-electron chi connectivity index (χ1n) is 3.03. The molecule has 1 heterocycles. The van der Waals surface area contributed by atoms with Crippen LogP contribution < -0.4 is 0 Å². The zero-order valence-corrected chi connectivity index (χ0v) is 5.68. The van der Waals surface area contributed by atoms with Gasteiger partial charge in [-0.25, -0.2) is 0 Å². The van der Waals surface area contributed by atoms with Gasteiger partial charge in [0, 0.05) is 16.8 Å². The fraction of sp³-hybridized carbons (Fsp3) is 0.400. The maximum absolute atomic E-state index is 8.72. The molecule has 58 valence electrons. The van der Waals surface area contributed by atoms with Crippen molar-refractivity contribution in [3.8, 4) is 0 Å². The molecule has 1 rings (SSSR count). The molecular weight excluding hydrogens is 146 g/mol. The number of nitrogens with one attached hydrogen (secondary N) is 1. The van der Waals surface area contributed by atoms with Crippen molar-refractivity contribution in [2.75, 3.05) is 6.61 Å². The molecule has 1 atom stereocenters. The molecule has 0 aliphatic carbocycles. The predicted molar refractivity (Wildman–Crippen MR) is 37.6 cm³/mol. The topological polar surface area (TPSA) is 97.7 Å². The normalized spacial score (nSPS) is 12.1. The molecule has 0 aliphatic heterocycles. The first-order valence-corrected chi connectivity index (χ1v) is 3.03. The standard InChI is InChI=1S/C5H7N5O/c6-10-9-5(3-11)4-1-2-7-8-4/h1-2,5,11H,3H2,(H,7,8). The second kappa shape index (κ2) is 3.60. The minimum Gasteiger partial charge on any atom is -0.396 e. The van der Waals surface area contributed by atoms with Gasteiger partial charge < -0.3 is 5.11 Å². The number of hydrogen-bond acceptors (Lipinski definition) is 3. The second-order valence-corrected chi connectivity index (χ2v) is 1.92. The van der Waals surface area contributed by atoms with Crippen LogP contribution in [-0.4, -0.2) is 21.9 Å². The maximum Gasteiger partial charge on any atom is 0.102 e. The highest BCUT2D eigenvalue weighted by molar-refractivity contribution is 5.04. The highest BCUT2D eigenvalue weighted by atomic mass is 16.3. The van der Waals surface area contributed by atoms with Gasteiger partial charge in [-0.2, -0.15) is 5.10 Å². The minimum atomic E-state index is -0.553. The fourth-order valence-corrected chi connectivity index (χ4v) is 0.712. The summed E-state index contributed by atoms with van der Waals surface area (Å²) in [6.07, 6.45) is 1.53. The van der Waals surface area contributed by atoms with Crippen molar-refractivity contribution in [1.29, 1.82) is 0 Å².